The highest BCUT2D eigenvalue weighted by atomic mass is 32.2. The fraction of sp³-hybridized carbons (Fsp3) is 0.174. The fourth-order valence-electron chi connectivity index (χ4n) is 3.05. The summed E-state index contributed by atoms with van der Waals surface area (Å²) in [5.41, 5.74) is 0.935. The topological polar surface area (TPSA) is 81.7 Å². The van der Waals surface area contributed by atoms with Crippen LogP contribution in [0.5, 0.6) is 5.75 Å². The third kappa shape index (κ3) is 5.89. The van der Waals surface area contributed by atoms with Gasteiger partial charge in [0.05, 0.1) is 7.11 Å². The number of methoxy groups -OCH3 is 1. The Labute approximate surface area is 184 Å². The van der Waals surface area contributed by atoms with Gasteiger partial charge in [-0.05, 0) is 42.3 Å². The molecule has 0 aliphatic heterocycles. The Kier molecular flexibility index (Phi) is 7.55. The number of hydrogen-bond acceptors (Lipinski definition) is 5. The Balaban J connectivity index is 1.83. The van der Waals surface area contributed by atoms with Crippen LogP contribution in [0, 0.1) is 11.6 Å². The van der Waals surface area contributed by atoms with Crippen LogP contribution in [0.4, 0.5) is 8.78 Å². The predicted molar refractivity (Wildman–Crippen MR) is 113 cm³/mol. The maximum absolute atomic E-state index is 14.1. The molecule has 1 N–H and O–H groups in total. The van der Waals surface area contributed by atoms with Gasteiger partial charge in [0.25, 0.3) is 0 Å². The number of carbonyl (C=O) groups excluding carboxylic acids is 1. The van der Waals surface area contributed by atoms with E-state index in [2.05, 4.69) is 4.72 Å². The number of ether oxygens (including phenoxy) is 2. The Morgan fingerprint density at radius 2 is 1.69 bits per heavy atom. The SMILES string of the molecule is COc1ccc(F)cc1COC(=O)C(Cc1ccccc1)NS(=O)(=O)c1ccccc1F. The summed E-state index contributed by atoms with van der Waals surface area (Å²) in [7, 11) is -2.98. The second-order valence-corrected chi connectivity index (χ2v) is 8.54. The molecule has 0 saturated heterocycles. The van der Waals surface area contributed by atoms with Crippen LogP contribution in [0.15, 0.2) is 77.7 Å². The predicted octanol–water partition coefficient (Wildman–Crippen LogP) is 3.61. The standard InChI is InChI=1S/C23H21F2NO5S/c1-30-21-12-11-18(24)14-17(21)15-31-23(27)20(13-16-7-3-2-4-8-16)26-32(28,29)22-10-6-5-9-19(22)25/h2-12,14,20,26H,13,15H2,1H3. The number of rotatable bonds is 9. The van der Waals surface area contributed by atoms with Crippen molar-refractivity contribution >= 4 is 16.0 Å². The highest BCUT2D eigenvalue weighted by Gasteiger charge is 2.29. The Morgan fingerprint density at radius 1 is 1.00 bits per heavy atom. The van der Waals surface area contributed by atoms with Crippen molar-refractivity contribution < 1.29 is 31.5 Å². The van der Waals surface area contributed by atoms with E-state index in [-0.39, 0.29) is 18.6 Å². The molecule has 0 saturated carbocycles. The lowest BCUT2D eigenvalue weighted by Crippen LogP contribution is -2.43. The third-order valence-electron chi connectivity index (χ3n) is 4.60. The summed E-state index contributed by atoms with van der Waals surface area (Å²) >= 11 is 0. The molecule has 0 aliphatic rings. The highest BCUT2D eigenvalue weighted by Crippen LogP contribution is 2.21. The summed E-state index contributed by atoms with van der Waals surface area (Å²) in [6, 6.07) is 15.9. The van der Waals surface area contributed by atoms with E-state index >= 15 is 0 Å². The van der Waals surface area contributed by atoms with Gasteiger partial charge in [-0.15, -0.1) is 0 Å². The average molecular weight is 461 g/mol. The second-order valence-electron chi connectivity index (χ2n) is 6.86. The minimum atomic E-state index is -4.37. The number of esters is 1. The van der Waals surface area contributed by atoms with E-state index < -0.39 is 38.6 Å². The third-order valence-corrected chi connectivity index (χ3v) is 6.11. The first kappa shape index (κ1) is 23.4. The summed E-state index contributed by atoms with van der Waals surface area (Å²) in [6.07, 6.45) is -0.0341. The van der Waals surface area contributed by atoms with Crippen molar-refractivity contribution in [1.82, 2.24) is 4.72 Å². The van der Waals surface area contributed by atoms with E-state index in [4.69, 9.17) is 9.47 Å². The van der Waals surface area contributed by atoms with Gasteiger partial charge in [-0.2, -0.15) is 4.72 Å². The summed E-state index contributed by atoms with van der Waals surface area (Å²) in [5, 5.41) is 0. The molecule has 9 heteroatoms. The molecule has 3 aromatic carbocycles. The molecule has 0 radical (unpaired) electrons. The minimum absolute atomic E-state index is 0.0341. The van der Waals surface area contributed by atoms with Gasteiger partial charge in [0.2, 0.25) is 10.0 Å². The molecule has 32 heavy (non-hydrogen) atoms. The first-order valence-corrected chi connectivity index (χ1v) is 11.1. The molecule has 3 aromatic rings. The zero-order valence-electron chi connectivity index (χ0n) is 17.1. The lowest BCUT2D eigenvalue weighted by molar-refractivity contribution is -0.147. The van der Waals surface area contributed by atoms with Gasteiger partial charge in [0, 0.05) is 5.56 Å². The quantitative estimate of drug-likeness (QED) is 0.493. The maximum atomic E-state index is 14.1. The van der Waals surface area contributed by atoms with Crippen molar-refractivity contribution in [2.75, 3.05) is 7.11 Å². The highest BCUT2D eigenvalue weighted by molar-refractivity contribution is 7.89. The lowest BCUT2D eigenvalue weighted by Gasteiger charge is -2.19. The van der Waals surface area contributed by atoms with E-state index in [1.807, 2.05) is 0 Å². The number of halogens is 2. The van der Waals surface area contributed by atoms with E-state index in [0.717, 1.165) is 18.2 Å². The van der Waals surface area contributed by atoms with Gasteiger partial charge in [0.1, 0.15) is 34.9 Å². The van der Waals surface area contributed by atoms with Crippen LogP contribution in [0.1, 0.15) is 11.1 Å². The fourth-order valence-corrected chi connectivity index (χ4v) is 4.31. The number of sulfonamides is 1. The molecule has 0 fully saturated rings. The van der Waals surface area contributed by atoms with Crippen LogP contribution < -0.4 is 9.46 Å². The average Bonchev–Trinajstić information content (AvgIpc) is 2.78. The Morgan fingerprint density at radius 3 is 2.38 bits per heavy atom. The second kappa shape index (κ2) is 10.3. The molecule has 1 atom stereocenters. The van der Waals surface area contributed by atoms with Crippen molar-refractivity contribution in [3.63, 3.8) is 0 Å². The van der Waals surface area contributed by atoms with Gasteiger partial charge < -0.3 is 9.47 Å². The van der Waals surface area contributed by atoms with Crippen LogP contribution in [0.2, 0.25) is 0 Å². The van der Waals surface area contributed by atoms with Crippen molar-refractivity contribution in [3.8, 4) is 5.75 Å². The molecule has 6 nitrogen and oxygen atoms in total. The number of benzene rings is 3. The van der Waals surface area contributed by atoms with Gasteiger partial charge in [-0.25, -0.2) is 17.2 Å². The molecule has 1 unspecified atom stereocenters. The first-order valence-electron chi connectivity index (χ1n) is 9.60. The molecule has 3 rings (SSSR count). The van der Waals surface area contributed by atoms with Gasteiger partial charge in [-0.1, -0.05) is 42.5 Å². The molecule has 0 heterocycles. The van der Waals surface area contributed by atoms with Crippen LogP contribution in [0.3, 0.4) is 0 Å². The number of hydrogen-bond donors (Lipinski definition) is 1. The molecule has 0 aromatic heterocycles. The van der Waals surface area contributed by atoms with Gasteiger partial charge >= 0.3 is 5.97 Å². The zero-order chi connectivity index (χ0) is 23.1. The summed E-state index contributed by atoms with van der Waals surface area (Å²) in [6.45, 7) is -0.341. The van der Waals surface area contributed by atoms with Crippen LogP contribution in [-0.4, -0.2) is 27.5 Å². The summed E-state index contributed by atoms with van der Waals surface area (Å²) in [4.78, 5) is 12.2. The summed E-state index contributed by atoms with van der Waals surface area (Å²) in [5.74, 6) is -2.08. The monoisotopic (exact) mass is 461 g/mol. The van der Waals surface area contributed by atoms with E-state index in [1.165, 1.54) is 31.4 Å². The maximum Gasteiger partial charge on any atom is 0.324 e. The van der Waals surface area contributed by atoms with Crippen molar-refractivity contribution in [3.05, 3.63) is 95.6 Å². The molecule has 0 amide bonds. The molecule has 0 bridgehead atoms. The van der Waals surface area contributed by atoms with Crippen molar-refractivity contribution in [2.45, 2.75) is 24.0 Å². The van der Waals surface area contributed by atoms with Crippen LogP contribution in [-0.2, 0) is 32.6 Å². The molecule has 0 aliphatic carbocycles. The minimum Gasteiger partial charge on any atom is -0.496 e. The van der Waals surface area contributed by atoms with Gasteiger partial charge in [0.15, 0.2) is 0 Å². The smallest absolute Gasteiger partial charge is 0.324 e. The zero-order valence-corrected chi connectivity index (χ0v) is 17.9. The Bertz CT molecular complexity index is 1190. The normalized spacial score (nSPS) is 12.2. The van der Waals surface area contributed by atoms with Crippen molar-refractivity contribution in [2.24, 2.45) is 0 Å². The van der Waals surface area contributed by atoms with E-state index in [1.54, 1.807) is 30.3 Å². The van der Waals surface area contributed by atoms with Crippen molar-refractivity contribution in [1.29, 1.82) is 0 Å². The van der Waals surface area contributed by atoms with Crippen LogP contribution in [0.25, 0.3) is 0 Å². The van der Waals surface area contributed by atoms with Gasteiger partial charge in [-0.3, -0.25) is 4.79 Å². The van der Waals surface area contributed by atoms with Crippen LogP contribution >= 0.6 is 0 Å². The number of nitrogens with one attached hydrogen (secondary N) is 1. The Hall–Kier alpha value is -3.30. The lowest BCUT2D eigenvalue weighted by atomic mass is 10.1. The summed E-state index contributed by atoms with van der Waals surface area (Å²) < 4.78 is 65.8. The largest absolute Gasteiger partial charge is 0.496 e. The molecular formula is C23H21F2NO5S. The molecular weight excluding hydrogens is 440 g/mol. The van der Waals surface area contributed by atoms with E-state index in [0.29, 0.717) is 11.3 Å². The molecule has 168 valence electrons. The van der Waals surface area contributed by atoms with E-state index in [9.17, 15) is 22.0 Å². The molecule has 0 spiro atoms. The number of carbonyl (C=O) groups is 1. The first-order chi connectivity index (χ1) is 15.3.